The van der Waals surface area contributed by atoms with Crippen molar-refractivity contribution in [1.29, 1.82) is 0 Å². The van der Waals surface area contributed by atoms with Crippen molar-refractivity contribution in [2.24, 2.45) is 0 Å². The number of para-hydroxylation sites is 2. The first-order valence-electron chi connectivity index (χ1n) is 7.21. The lowest BCUT2D eigenvalue weighted by atomic mass is 10.0. The Morgan fingerprint density at radius 1 is 0.864 bits per heavy atom. The van der Waals surface area contributed by atoms with Gasteiger partial charge in [0.05, 0.1) is 12.2 Å². The molecular weight excluding hydrogens is 276 g/mol. The highest BCUT2D eigenvalue weighted by molar-refractivity contribution is 6.05. The molecule has 0 amide bonds. The molecule has 0 heterocycles. The van der Waals surface area contributed by atoms with Crippen molar-refractivity contribution in [3.05, 3.63) is 72.3 Å². The smallest absolute Gasteiger partial charge is 0.344 e. The summed E-state index contributed by atoms with van der Waals surface area (Å²) in [6.45, 7) is 2.41. The number of ether oxygens (including phenoxy) is 2. The van der Waals surface area contributed by atoms with Gasteiger partial charge in [0.25, 0.3) is 0 Å². The van der Waals surface area contributed by atoms with Crippen LogP contribution in [0.1, 0.15) is 17.3 Å². The largest absolute Gasteiger partial charge is 0.490 e. The maximum Gasteiger partial charge on any atom is 0.344 e. The molecule has 3 aromatic rings. The van der Waals surface area contributed by atoms with Gasteiger partial charge in [0.2, 0.25) is 0 Å². The van der Waals surface area contributed by atoms with E-state index >= 15 is 0 Å². The van der Waals surface area contributed by atoms with E-state index in [4.69, 9.17) is 9.47 Å². The van der Waals surface area contributed by atoms with Gasteiger partial charge in [0.1, 0.15) is 0 Å². The van der Waals surface area contributed by atoms with Crippen molar-refractivity contribution in [3.63, 3.8) is 0 Å². The molecule has 22 heavy (non-hydrogen) atoms. The third-order valence-electron chi connectivity index (χ3n) is 3.36. The van der Waals surface area contributed by atoms with Crippen LogP contribution in [-0.4, -0.2) is 12.6 Å². The zero-order chi connectivity index (χ0) is 15.4. The van der Waals surface area contributed by atoms with E-state index in [-0.39, 0.29) is 5.97 Å². The zero-order valence-corrected chi connectivity index (χ0v) is 12.3. The van der Waals surface area contributed by atoms with Crippen LogP contribution in [-0.2, 0) is 0 Å². The summed E-state index contributed by atoms with van der Waals surface area (Å²) in [6.07, 6.45) is 0. The normalized spacial score (nSPS) is 10.4. The van der Waals surface area contributed by atoms with Crippen LogP contribution in [0.4, 0.5) is 0 Å². The average Bonchev–Trinajstić information content (AvgIpc) is 2.56. The van der Waals surface area contributed by atoms with Crippen LogP contribution in [0.15, 0.2) is 66.7 Å². The second-order valence-electron chi connectivity index (χ2n) is 4.80. The molecule has 3 aromatic carbocycles. The molecule has 0 atom stereocenters. The zero-order valence-electron chi connectivity index (χ0n) is 12.3. The number of carbonyl (C=O) groups excluding carboxylic acids is 1. The van der Waals surface area contributed by atoms with E-state index in [0.29, 0.717) is 23.7 Å². The Bertz CT molecular complexity index is 803. The molecule has 0 saturated heterocycles. The van der Waals surface area contributed by atoms with E-state index in [1.54, 1.807) is 18.2 Å². The fourth-order valence-electron chi connectivity index (χ4n) is 2.37. The molecule has 0 radical (unpaired) electrons. The lowest BCUT2D eigenvalue weighted by molar-refractivity contribution is 0.0730. The molecule has 0 spiro atoms. The van der Waals surface area contributed by atoms with Gasteiger partial charge >= 0.3 is 5.97 Å². The summed E-state index contributed by atoms with van der Waals surface area (Å²) in [5.74, 6) is 0.616. The Morgan fingerprint density at radius 3 is 2.36 bits per heavy atom. The monoisotopic (exact) mass is 292 g/mol. The van der Waals surface area contributed by atoms with E-state index in [9.17, 15) is 4.79 Å². The Labute approximate surface area is 129 Å². The first-order valence-corrected chi connectivity index (χ1v) is 7.21. The Morgan fingerprint density at radius 2 is 1.55 bits per heavy atom. The molecule has 0 aliphatic heterocycles. The summed E-state index contributed by atoms with van der Waals surface area (Å²) in [5.41, 5.74) is 0.546. The minimum atomic E-state index is -0.385. The topological polar surface area (TPSA) is 35.5 Å². The minimum absolute atomic E-state index is 0.385. The van der Waals surface area contributed by atoms with Crippen molar-refractivity contribution in [1.82, 2.24) is 0 Å². The summed E-state index contributed by atoms with van der Waals surface area (Å²) in [5, 5.41) is 1.89. The second-order valence-corrected chi connectivity index (χ2v) is 4.80. The van der Waals surface area contributed by atoms with Crippen LogP contribution in [0.5, 0.6) is 11.5 Å². The number of fused-ring (bicyclic) bond motifs is 1. The molecular formula is C19H16O3. The number of esters is 1. The van der Waals surface area contributed by atoms with E-state index in [1.165, 1.54) is 0 Å². The minimum Gasteiger partial charge on any atom is -0.490 e. The molecule has 0 aliphatic rings. The molecule has 3 nitrogen and oxygen atoms in total. The Kier molecular flexibility index (Phi) is 4.05. The third-order valence-corrected chi connectivity index (χ3v) is 3.36. The molecule has 0 fully saturated rings. The molecule has 0 bridgehead atoms. The van der Waals surface area contributed by atoms with Gasteiger partial charge in [-0.05, 0) is 35.9 Å². The van der Waals surface area contributed by atoms with Gasteiger partial charge in [0, 0.05) is 0 Å². The van der Waals surface area contributed by atoms with Crippen LogP contribution in [0.2, 0.25) is 0 Å². The predicted molar refractivity (Wildman–Crippen MR) is 86.5 cm³/mol. The molecule has 0 aromatic heterocycles. The highest BCUT2D eigenvalue weighted by Gasteiger charge is 2.14. The van der Waals surface area contributed by atoms with E-state index in [0.717, 1.165) is 10.8 Å². The molecule has 3 rings (SSSR count). The van der Waals surface area contributed by atoms with Crippen molar-refractivity contribution in [2.45, 2.75) is 6.92 Å². The highest BCUT2D eigenvalue weighted by atomic mass is 16.6. The van der Waals surface area contributed by atoms with Crippen molar-refractivity contribution in [3.8, 4) is 11.5 Å². The molecule has 0 aliphatic carbocycles. The fraction of sp³-hybridized carbons (Fsp3) is 0.105. The summed E-state index contributed by atoms with van der Waals surface area (Å²) >= 11 is 0. The van der Waals surface area contributed by atoms with E-state index < -0.39 is 0 Å². The van der Waals surface area contributed by atoms with Crippen LogP contribution in [0, 0.1) is 0 Å². The first-order chi connectivity index (χ1) is 10.8. The first kappa shape index (κ1) is 14.1. The number of hydrogen-bond donors (Lipinski definition) is 0. The maximum absolute atomic E-state index is 12.5. The summed E-state index contributed by atoms with van der Waals surface area (Å²) in [7, 11) is 0. The number of benzene rings is 3. The van der Waals surface area contributed by atoms with Gasteiger partial charge in [-0.3, -0.25) is 0 Å². The fourth-order valence-corrected chi connectivity index (χ4v) is 2.37. The SMILES string of the molecule is CCOc1ccccc1OC(=O)c1cccc2ccccc12. The number of hydrogen-bond acceptors (Lipinski definition) is 3. The molecule has 0 unspecified atom stereocenters. The van der Waals surface area contributed by atoms with Gasteiger partial charge in [-0.25, -0.2) is 4.79 Å². The van der Waals surface area contributed by atoms with Crippen LogP contribution >= 0.6 is 0 Å². The third kappa shape index (κ3) is 2.79. The predicted octanol–water partition coefficient (Wildman–Crippen LogP) is 4.46. The number of rotatable bonds is 4. The molecule has 110 valence electrons. The van der Waals surface area contributed by atoms with E-state index in [2.05, 4.69) is 0 Å². The van der Waals surface area contributed by atoms with Gasteiger partial charge in [0.15, 0.2) is 11.5 Å². The van der Waals surface area contributed by atoms with Crippen molar-refractivity contribution < 1.29 is 14.3 Å². The second kappa shape index (κ2) is 6.31. The van der Waals surface area contributed by atoms with Gasteiger partial charge in [-0.1, -0.05) is 48.5 Å². The van der Waals surface area contributed by atoms with E-state index in [1.807, 2.05) is 55.5 Å². The molecule has 0 N–H and O–H groups in total. The standard InChI is InChI=1S/C19H16O3/c1-2-21-17-12-5-6-13-18(17)22-19(20)16-11-7-9-14-8-3-4-10-15(14)16/h3-13H,2H2,1H3. The summed E-state index contributed by atoms with van der Waals surface area (Å²) in [6, 6.07) is 20.5. The average molecular weight is 292 g/mol. The Balaban J connectivity index is 1.94. The maximum atomic E-state index is 12.5. The number of carbonyl (C=O) groups is 1. The van der Waals surface area contributed by atoms with Gasteiger partial charge < -0.3 is 9.47 Å². The van der Waals surface area contributed by atoms with Gasteiger partial charge in [-0.2, -0.15) is 0 Å². The quantitative estimate of drug-likeness (QED) is 0.526. The lowest BCUT2D eigenvalue weighted by Crippen LogP contribution is -2.10. The van der Waals surface area contributed by atoms with Gasteiger partial charge in [-0.15, -0.1) is 0 Å². The molecule has 3 heteroatoms. The van der Waals surface area contributed by atoms with Crippen LogP contribution in [0.25, 0.3) is 10.8 Å². The van der Waals surface area contributed by atoms with Crippen LogP contribution in [0.3, 0.4) is 0 Å². The lowest BCUT2D eigenvalue weighted by Gasteiger charge is -2.11. The summed E-state index contributed by atoms with van der Waals surface area (Å²) < 4.78 is 11.0. The molecule has 0 saturated carbocycles. The highest BCUT2D eigenvalue weighted by Crippen LogP contribution is 2.28. The van der Waals surface area contributed by atoms with Crippen molar-refractivity contribution in [2.75, 3.05) is 6.61 Å². The Hall–Kier alpha value is -2.81. The van der Waals surface area contributed by atoms with Crippen molar-refractivity contribution >= 4 is 16.7 Å². The van der Waals surface area contributed by atoms with Crippen LogP contribution < -0.4 is 9.47 Å². The summed E-state index contributed by atoms with van der Waals surface area (Å²) in [4.78, 5) is 12.5.